The minimum atomic E-state index is 0.761. The van der Waals surface area contributed by atoms with Gasteiger partial charge >= 0.3 is 0 Å². The first-order valence-corrected chi connectivity index (χ1v) is 7.74. The van der Waals surface area contributed by atoms with E-state index >= 15 is 0 Å². The molecule has 0 fully saturated rings. The van der Waals surface area contributed by atoms with Crippen molar-refractivity contribution < 1.29 is 0 Å². The number of aryl methyl sites for hydroxylation is 3. The van der Waals surface area contributed by atoms with Gasteiger partial charge in [-0.25, -0.2) is 0 Å². The SMILES string of the molecule is CCCc1cc(CC)cc(-c2ccc(C#N)c(C)c2)c1C. The van der Waals surface area contributed by atoms with Gasteiger partial charge < -0.3 is 0 Å². The molecule has 0 aromatic heterocycles. The Balaban J connectivity index is 2.60. The average molecular weight is 277 g/mol. The van der Waals surface area contributed by atoms with Crippen LogP contribution in [0.25, 0.3) is 11.1 Å². The Morgan fingerprint density at radius 2 is 1.81 bits per heavy atom. The molecule has 0 radical (unpaired) electrons. The lowest BCUT2D eigenvalue weighted by Gasteiger charge is -2.15. The molecule has 21 heavy (non-hydrogen) atoms. The monoisotopic (exact) mass is 277 g/mol. The Kier molecular flexibility index (Phi) is 4.81. The summed E-state index contributed by atoms with van der Waals surface area (Å²) in [6.45, 7) is 8.65. The highest BCUT2D eigenvalue weighted by Crippen LogP contribution is 2.30. The molecule has 0 aliphatic rings. The van der Waals surface area contributed by atoms with E-state index in [4.69, 9.17) is 5.26 Å². The summed E-state index contributed by atoms with van der Waals surface area (Å²) >= 11 is 0. The molecule has 1 heteroatoms. The predicted octanol–water partition coefficient (Wildman–Crippen LogP) is 5.36. The molecule has 0 aliphatic heterocycles. The molecule has 2 aromatic rings. The summed E-state index contributed by atoms with van der Waals surface area (Å²) in [5, 5.41) is 9.08. The van der Waals surface area contributed by atoms with Crippen molar-refractivity contribution >= 4 is 0 Å². The van der Waals surface area contributed by atoms with Crippen LogP contribution < -0.4 is 0 Å². The second-order valence-electron chi connectivity index (χ2n) is 5.67. The third kappa shape index (κ3) is 3.16. The van der Waals surface area contributed by atoms with Crippen LogP contribution in [0.5, 0.6) is 0 Å². The summed E-state index contributed by atoms with van der Waals surface area (Å²) in [6, 6.07) is 13.0. The number of hydrogen-bond donors (Lipinski definition) is 0. The maximum Gasteiger partial charge on any atom is 0.0994 e. The van der Waals surface area contributed by atoms with Gasteiger partial charge in [-0.3, -0.25) is 0 Å². The summed E-state index contributed by atoms with van der Waals surface area (Å²) in [4.78, 5) is 0. The van der Waals surface area contributed by atoms with Gasteiger partial charge in [-0.1, -0.05) is 44.5 Å². The van der Waals surface area contributed by atoms with Crippen molar-refractivity contribution in [1.82, 2.24) is 0 Å². The van der Waals surface area contributed by atoms with Gasteiger partial charge in [0.25, 0.3) is 0 Å². The average Bonchev–Trinajstić information content (AvgIpc) is 2.49. The molecule has 2 rings (SSSR count). The van der Waals surface area contributed by atoms with Crippen molar-refractivity contribution in [3.63, 3.8) is 0 Å². The van der Waals surface area contributed by atoms with Crippen LogP contribution in [-0.2, 0) is 12.8 Å². The first kappa shape index (κ1) is 15.3. The fourth-order valence-corrected chi connectivity index (χ4v) is 2.83. The fourth-order valence-electron chi connectivity index (χ4n) is 2.83. The Hall–Kier alpha value is -2.07. The van der Waals surface area contributed by atoms with Crippen molar-refractivity contribution in [3.05, 3.63) is 58.1 Å². The van der Waals surface area contributed by atoms with E-state index in [1.54, 1.807) is 0 Å². The van der Waals surface area contributed by atoms with Gasteiger partial charge in [0.1, 0.15) is 0 Å². The van der Waals surface area contributed by atoms with E-state index in [0.29, 0.717) is 0 Å². The number of nitrogens with zero attached hydrogens (tertiary/aromatic N) is 1. The first-order chi connectivity index (χ1) is 10.1. The second kappa shape index (κ2) is 6.59. The van der Waals surface area contributed by atoms with Gasteiger partial charge in [0.05, 0.1) is 11.6 Å². The molecule has 0 spiro atoms. The molecule has 1 nitrogen and oxygen atoms in total. The predicted molar refractivity (Wildman–Crippen MR) is 89.4 cm³/mol. The van der Waals surface area contributed by atoms with Crippen LogP contribution in [0.1, 0.15) is 48.1 Å². The molecule has 0 atom stereocenters. The van der Waals surface area contributed by atoms with Gasteiger partial charge in [-0.05, 0) is 66.1 Å². The Bertz CT molecular complexity index is 690. The Labute approximate surface area is 128 Å². The smallest absolute Gasteiger partial charge is 0.0994 e. The number of nitriles is 1. The summed E-state index contributed by atoms with van der Waals surface area (Å²) in [5.41, 5.74) is 8.56. The maximum atomic E-state index is 9.08. The largest absolute Gasteiger partial charge is 0.192 e. The van der Waals surface area contributed by atoms with E-state index in [0.717, 1.165) is 24.0 Å². The first-order valence-electron chi connectivity index (χ1n) is 7.74. The van der Waals surface area contributed by atoms with Gasteiger partial charge in [0.2, 0.25) is 0 Å². The van der Waals surface area contributed by atoms with E-state index in [1.165, 1.54) is 34.2 Å². The number of benzene rings is 2. The van der Waals surface area contributed by atoms with Crippen LogP contribution in [0.4, 0.5) is 0 Å². The molecule has 0 heterocycles. The summed E-state index contributed by atoms with van der Waals surface area (Å²) < 4.78 is 0. The normalized spacial score (nSPS) is 10.4. The highest BCUT2D eigenvalue weighted by atomic mass is 14.2. The third-order valence-corrected chi connectivity index (χ3v) is 4.16. The molecule has 0 unspecified atom stereocenters. The van der Waals surface area contributed by atoms with Gasteiger partial charge in [-0.2, -0.15) is 5.26 Å². The van der Waals surface area contributed by atoms with Crippen molar-refractivity contribution in [3.8, 4) is 17.2 Å². The lowest BCUT2D eigenvalue weighted by atomic mass is 9.90. The number of hydrogen-bond acceptors (Lipinski definition) is 1. The van der Waals surface area contributed by atoms with Crippen LogP contribution in [-0.4, -0.2) is 0 Å². The van der Waals surface area contributed by atoms with Crippen LogP contribution in [0.15, 0.2) is 30.3 Å². The van der Waals surface area contributed by atoms with Crippen molar-refractivity contribution in [2.24, 2.45) is 0 Å². The zero-order valence-corrected chi connectivity index (χ0v) is 13.5. The highest BCUT2D eigenvalue weighted by Gasteiger charge is 2.09. The standard InChI is InChI=1S/C20H23N/c1-5-7-17-11-16(6-2)12-20(15(17)4)18-8-9-19(13-21)14(3)10-18/h8-12H,5-7H2,1-4H3. The minimum absolute atomic E-state index is 0.761. The second-order valence-corrected chi connectivity index (χ2v) is 5.67. The van der Waals surface area contributed by atoms with Crippen molar-refractivity contribution in [2.75, 3.05) is 0 Å². The fraction of sp³-hybridized carbons (Fsp3) is 0.350. The van der Waals surface area contributed by atoms with E-state index in [1.807, 2.05) is 13.0 Å². The summed E-state index contributed by atoms with van der Waals surface area (Å²) in [6.07, 6.45) is 3.35. The molecule has 2 aromatic carbocycles. The molecule has 0 aliphatic carbocycles. The van der Waals surface area contributed by atoms with E-state index < -0.39 is 0 Å². The molecule has 108 valence electrons. The molecule has 0 saturated carbocycles. The lowest BCUT2D eigenvalue weighted by molar-refractivity contribution is 0.908. The van der Waals surface area contributed by atoms with Crippen LogP contribution >= 0.6 is 0 Å². The van der Waals surface area contributed by atoms with E-state index in [-0.39, 0.29) is 0 Å². The quantitative estimate of drug-likeness (QED) is 0.738. The van der Waals surface area contributed by atoms with Crippen LogP contribution in [0.3, 0.4) is 0 Å². The Morgan fingerprint density at radius 3 is 2.38 bits per heavy atom. The lowest BCUT2D eigenvalue weighted by Crippen LogP contribution is -1.96. The third-order valence-electron chi connectivity index (χ3n) is 4.16. The minimum Gasteiger partial charge on any atom is -0.192 e. The van der Waals surface area contributed by atoms with E-state index in [9.17, 15) is 0 Å². The summed E-state index contributed by atoms with van der Waals surface area (Å²) in [7, 11) is 0. The van der Waals surface area contributed by atoms with Gasteiger partial charge in [0.15, 0.2) is 0 Å². The molecular weight excluding hydrogens is 254 g/mol. The molecule has 0 saturated heterocycles. The van der Waals surface area contributed by atoms with Gasteiger partial charge in [0, 0.05) is 0 Å². The summed E-state index contributed by atoms with van der Waals surface area (Å²) in [5.74, 6) is 0. The zero-order valence-electron chi connectivity index (χ0n) is 13.5. The highest BCUT2D eigenvalue weighted by molar-refractivity contribution is 5.71. The molecule has 0 bridgehead atoms. The zero-order chi connectivity index (χ0) is 15.4. The van der Waals surface area contributed by atoms with Crippen molar-refractivity contribution in [1.29, 1.82) is 5.26 Å². The topological polar surface area (TPSA) is 23.8 Å². The van der Waals surface area contributed by atoms with Crippen molar-refractivity contribution in [2.45, 2.75) is 47.0 Å². The van der Waals surface area contributed by atoms with Crippen LogP contribution in [0, 0.1) is 25.2 Å². The molecule has 0 N–H and O–H groups in total. The Morgan fingerprint density at radius 1 is 1.05 bits per heavy atom. The van der Waals surface area contributed by atoms with Gasteiger partial charge in [-0.15, -0.1) is 0 Å². The number of rotatable bonds is 4. The maximum absolute atomic E-state index is 9.08. The molecule has 0 amide bonds. The van der Waals surface area contributed by atoms with Crippen LogP contribution in [0.2, 0.25) is 0 Å². The van der Waals surface area contributed by atoms with E-state index in [2.05, 4.69) is 51.1 Å². The molecular formula is C20H23N.